The Labute approximate surface area is 143 Å². The summed E-state index contributed by atoms with van der Waals surface area (Å²) in [5, 5.41) is 3.05. The summed E-state index contributed by atoms with van der Waals surface area (Å²) in [6, 6.07) is 7.79. The molecule has 126 valence electrons. The van der Waals surface area contributed by atoms with Crippen LogP contribution in [0.15, 0.2) is 36.9 Å². The first kappa shape index (κ1) is 17.8. The minimum atomic E-state index is -0.0139. The summed E-state index contributed by atoms with van der Waals surface area (Å²) in [5.74, 6) is 1.90. The van der Waals surface area contributed by atoms with E-state index in [1.165, 1.54) is 6.42 Å². The fourth-order valence-corrected chi connectivity index (χ4v) is 3.96. The number of nitrogens with two attached hydrogens (primary N) is 1. The van der Waals surface area contributed by atoms with Crippen LogP contribution in [0.1, 0.15) is 24.8 Å². The molecule has 3 N–H and O–H groups in total. The zero-order valence-corrected chi connectivity index (χ0v) is 14.1. The van der Waals surface area contributed by atoms with E-state index in [0.29, 0.717) is 25.0 Å². The Morgan fingerprint density at radius 1 is 1.35 bits per heavy atom. The third-order valence-electron chi connectivity index (χ3n) is 5.07. The Kier molecular flexibility index (Phi) is 6.08. The molecule has 2 aliphatic carbocycles. The minimum absolute atomic E-state index is 0. The number of benzene rings is 1. The highest BCUT2D eigenvalue weighted by atomic mass is 35.5. The number of hydrogen-bond acceptors (Lipinski definition) is 3. The standard InChI is InChI=1S/C18H24N2O2.ClH/c1-2-9-22-15-6-4-3-5-14(15)11-20-18(21)16-12-7-8-13(10-12)17(16)19;/h2-6,12-13,16-17H,1,7-11,19H2,(H,20,21);1H. The van der Waals surface area contributed by atoms with Crippen molar-refractivity contribution >= 4 is 18.3 Å². The highest BCUT2D eigenvalue weighted by Gasteiger charge is 2.48. The molecule has 23 heavy (non-hydrogen) atoms. The average molecular weight is 337 g/mol. The predicted molar refractivity (Wildman–Crippen MR) is 93.5 cm³/mol. The number of ether oxygens (including phenoxy) is 1. The van der Waals surface area contributed by atoms with Gasteiger partial charge in [0.1, 0.15) is 12.4 Å². The fourth-order valence-electron chi connectivity index (χ4n) is 3.96. The van der Waals surface area contributed by atoms with Gasteiger partial charge >= 0.3 is 0 Å². The average Bonchev–Trinajstić information content (AvgIpc) is 3.12. The van der Waals surface area contributed by atoms with Crippen LogP contribution in [0.2, 0.25) is 0 Å². The van der Waals surface area contributed by atoms with Crippen LogP contribution in [0, 0.1) is 17.8 Å². The lowest BCUT2D eigenvalue weighted by Crippen LogP contribution is -2.45. The SMILES string of the molecule is C=CCOc1ccccc1CNC(=O)C1C2CCC(C2)C1N.Cl. The third kappa shape index (κ3) is 3.70. The molecule has 3 rings (SSSR count). The first-order valence-corrected chi connectivity index (χ1v) is 8.05. The second-order valence-corrected chi connectivity index (χ2v) is 6.36. The van der Waals surface area contributed by atoms with Crippen LogP contribution in [0.25, 0.3) is 0 Å². The zero-order chi connectivity index (χ0) is 15.5. The largest absolute Gasteiger partial charge is 0.489 e. The smallest absolute Gasteiger partial charge is 0.225 e. The molecule has 4 nitrogen and oxygen atoms in total. The van der Waals surface area contributed by atoms with Gasteiger partial charge in [0, 0.05) is 18.2 Å². The number of para-hydroxylation sites is 1. The van der Waals surface area contributed by atoms with Gasteiger partial charge in [0.15, 0.2) is 0 Å². The maximum atomic E-state index is 12.5. The lowest BCUT2D eigenvalue weighted by Gasteiger charge is -2.27. The number of amides is 1. The van der Waals surface area contributed by atoms with Crippen LogP contribution in [0.5, 0.6) is 5.75 Å². The zero-order valence-electron chi connectivity index (χ0n) is 13.2. The van der Waals surface area contributed by atoms with Gasteiger partial charge in [-0.05, 0) is 37.2 Å². The van der Waals surface area contributed by atoms with E-state index in [1.807, 2.05) is 24.3 Å². The van der Waals surface area contributed by atoms with E-state index in [1.54, 1.807) is 6.08 Å². The molecular formula is C18H25ClN2O2. The summed E-state index contributed by atoms with van der Waals surface area (Å²) in [4.78, 5) is 12.5. The Hall–Kier alpha value is -1.52. The molecule has 4 unspecified atom stereocenters. The second kappa shape index (κ2) is 7.84. The maximum Gasteiger partial charge on any atom is 0.225 e. The molecular weight excluding hydrogens is 312 g/mol. The van der Waals surface area contributed by atoms with Gasteiger partial charge in [0.05, 0.1) is 5.92 Å². The summed E-state index contributed by atoms with van der Waals surface area (Å²) >= 11 is 0. The minimum Gasteiger partial charge on any atom is -0.489 e. The number of fused-ring (bicyclic) bond motifs is 2. The molecule has 2 bridgehead atoms. The quantitative estimate of drug-likeness (QED) is 0.785. The Bertz CT molecular complexity index is 562. The molecule has 0 spiro atoms. The summed E-state index contributed by atoms with van der Waals surface area (Å²) in [7, 11) is 0. The van der Waals surface area contributed by atoms with Crippen molar-refractivity contribution in [2.24, 2.45) is 23.5 Å². The Morgan fingerprint density at radius 3 is 2.78 bits per heavy atom. The van der Waals surface area contributed by atoms with Crippen LogP contribution < -0.4 is 15.8 Å². The van der Waals surface area contributed by atoms with Crippen LogP contribution in [-0.2, 0) is 11.3 Å². The molecule has 1 amide bonds. The molecule has 2 saturated carbocycles. The third-order valence-corrected chi connectivity index (χ3v) is 5.07. The number of rotatable bonds is 6. The number of carbonyl (C=O) groups is 1. The van der Waals surface area contributed by atoms with Crippen molar-refractivity contribution in [2.45, 2.75) is 31.8 Å². The van der Waals surface area contributed by atoms with E-state index < -0.39 is 0 Å². The highest BCUT2D eigenvalue weighted by molar-refractivity contribution is 5.85. The first-order chi connectivity index (χ1) is 10.7. The normalized spacial score (nSPS) is 28.0. The fraction of sp³-hybridized carbons (Fsp3) is 0.500. The van der Waals surface area contributed by atoms with Crippen molar-refractivity contribution in [1.82, 2.24) is 5.32 Å². The van der Waals surface area contributed by atoms with E-state index >= 15 is 0 Å². The van der Waals surface area contributed by atoms with E-state index in [9.17, 15) is 4.79 Å². The lowest BCUT2D eigenvalue weighted by atomic mass is 9.84. The second-order valence-electron chi connectivity index (χ2n) is 6.36. The van der Waals surface area contributed by atoms with Crippen molar-refractivity contribution in [3.05, 3.63) is 42.5 Å². The lowest BCUT2D eigenvalue weighted by molar-refractivity contribution is -0.127. The van der Waals surface area contributed by atoms with Gasteiger partial charge in [-0.1, -0.05) is 30.9 Å². The number of carbonyl (C=O) groups excluding carboxylic acids is 1. The van der Waals surface area contributed by atoms with Gasteiger partial charge in [-0.3, -0.25) is 4.79 Å². The van der Waals surface area contributed by atoms with E-state index in [2.05, 4.69) is 11.9 Å². The molecule has 0 heterocycles. The number of nitrogens with one attached hydrogen (secondary N) is 1. The summed E-state index contributed by atoms with van der Waals surface area (Å²) in [6.45, 7) is 4.59. The van der Waals surface area contributed by atoms with Crippen molar-refractivity contribution in [2.75, 3.05) is 6.61 Å². The molecule has 4 atom stereocenters. The monoisotopic (exact) mass is 336 g/mol. The van der Waals surface area contributed by atoms with Crippen LogP contribution >= 0.6 is 12.4 Å². The highest BCUT2D eigenvalue weighted by Crippen LogP contribution is 2.47. The molecule has 0 aliphatic heterocycles. The maximum absolute atomic E-state index is 12.5. The molecule has 2 fully saturated rings. The number of halogens is 1. The van der Waals surface area contributed by atoms with Crippen LogP contribution in [0.4, 0.5) is 0 Å². The molecule has 0 saturated heterocycles. The Balaban J connectivity index is 0.00000192. The molecule has 5 heteroatoms. The molecule has 2 aliphatic rings. The molecule has 0 aromatic heterocycles. The summed E-state index contributed by atoms with van der Waals surface area (Å²) in [5.41, 5.74) is 7.21. The number of hydrogen-bond donors (Lipinski definition) is 2. The summed E-state index contributed by atoms with van der Waals surface area (Å²) < 4.78 is 5.62. The van der Waals surface area contributed by atoms with Gasteiger partial charge in [-0.2, -0.15) is 0 Å². The van der Waals surface area contributed by atoms with Gasteiger partial charge in [0.25, 0.3) is 0 Å². The van der Waals surface area contributed by atoms with Crippen LogP contribution in [0.3, 0.4) is 0 Å². The molecule has 1 aromatic rings. The summed E-state index contributed by atoms with van der Waals surface area (Å²) in [6.07, 6.45) is 5.17. The van der Waals surface area contributed by atoms with Crippen molar-refractivity contribution in [3.63, 3.8) is 0 Å². The van der Waals surface area contributed by atoms with Gasteiger partial charge in [-0.15, -0.1) is 12.4 Å². The van der Waals surface area contributed by atoms with Gasteiger partial charge in [-0.25, -0.2) is 0 Å². The molecule has 0 radical (unpaired) electrons. The predicted octanol–water partition coefficient (Wildman–Crippen LogP) is 2.66. The van der Waals surface area contributed by atoms with Crippen molar-refractivity contribution < 1.29 is 9.53 Å². The first-order valence-electron chi connectivity index (χ1n) is 8.05. The van der Waals surface area contributed by atoms with Crippen LogP contribution in [-0.4, -0.2) is 18.6 Å². The van der Waals surface area contributed by atoms with Crippen molar-refractivity contribution in [3.8, 4) is 5.75 Å². The van der Waals surface area contributed by atoms with Gasteiger partial charge in [0.2, 0.25) is 5.91 Å². The topological polar surface area (TPSA) is 64.3 Å². The van der Waals surface area contributed by atoms with E-state index in [0.717, 1.165) is 24.2 Å². The van der Waals surface area contributed by atoms with Crippen molar-refractivity contribution in [1.29, 1.82) is 0 Å². The van der Waals surface area contributed by atoms with E-state index in [4.69, 9.17) is 10.5 Å². The van der Waals surface area contributed by atoms with Gasteiger partial charge < -0.3 is 15.8 Å². The molecule has 1 aromatic carbocycles. The van der Waals surface area contributed by atoms with E-state index in [-0.39, 0.29) is 30.3 Å². The Morgan fingerprint density at radius 2 is 2.09 bits per heavy atom.